The molecule has 1 aliphatic heterocycles. The lowest BCUT2D eigenvalue weighted by atomic mass is 10.0. The number of anilines is 1. The van der Waals surface area contributed by atoms with Crippen LogP contribution >= 0.6 is 11.6 Å². The molecule has 8 nitrogen and oxygen atoms in total. The van der Waals surface area contributed by atoms with Gasteiger partial charge < -0.3 is 20.1 Å². The van der Waals surface area contributed by atoms with Gasteiger partial charge in [-0.3, -0.25) is 10.1 Å². The molecule has 178 valence electrons. The number of nitrogens with zero attached hydrogens (tertiary/aromatic N) is 2. The minimum absolute atomic E-state index is 0.100. The van der Waals surface area contributed by atoms with Gasteiger partial charge in [0.15, 0.2) is 17.8 Å². The fourth-order valence-electron chi connectivity index (χ4n) is 4.18. The first-order chi connectivity index (χ1) is 17.0. The van der Waals surface area contributed by atoms with Crippen LogP contribution in [0.1, 0.15) is 18.0 Å². The number of methoxy groups -OCH3 is 2. The molecule has 1 aliphatic rings. The van der Waals surface area contributed by atoms with Crippen LogP contribution in [0.25, 0.3) is 22.2 Å². The number of aromatic nitrogens is 2. The van der Waals surface area contributed by atoms with E-state index in [9.17, 15) is 4.79 Å². The summed E-state index contributed by atoms with van der Waals surface area (Å²) in [4.78, 5) is 22.0. The number of nitrogens with one attached hydrogen (secondary N) is 3. The molecule has 0 spiro atoms. The number of benzene rings is 3. The van der Waals surface area contributed by atoms with E-state index in [1.807, 2.05) is 60.7 Å². The molecule has 1 amide bonds. The molecule has 3 N–H and O–H groups in total. The smallest absolute Gasteiger partial charge is 0.226 e. The SMILES string of the molecule is COc1ccc(C2CC(=O)NC(Nc3nc(-c4ccccc4)c4cc(Cl)ccc4n3)N2)cc1OC. The summed E-state index contributed by atoms with van der Waals surface area (Å²) in [6, 6.07) is 20.7. The quantitative estimate of drug-likeness (QED) is 0.366. The number of rotatable bonds is 6. The van der Waals surface area contributed by atoms with Gasteiger partial charge in [-0.25, -0.2) is 9.97 Å². The Hall–Kier alpha value is -3.88. The van der Waals surface area contributed by atoms with Crippen molar-refractivity contribution in [1.82, 2.24) is 20.6 Å². The number of hydrogen-bond acceptors (Lipinski definition) is 7. The van der Waals surface area contributed by atoms with Crippen molar-refractivity contribution < 1.29 is 14.3 Å². The molecule has 1 aromatic heterocycles. The highest BCUT2D eigenvalue weighted by Crippen LogP contribution is 2.32. The minimum Gasteiger partial charge on any atom is -0.493 e. The van der Waals surface area contributed by atoms with Gasteiger partial charge >= 0.3 is 0 Å². The molecule has 0 bridgehead atoms. The van der Waals surface area contributed by atoms with Gasteiger partial charge in [-0.05, 0) is 35.9 Å². The minimum atomic E-state index is -0.581. The second-order valence-electron chi connectivity index (χ2n) is 8.11. The van der Waals surface area contributed by atoms with E-state index in [0.717, 1.165) is 27.7 Å². The van der Waals surface area contributed by atoms with Crippen molar-refractivity contribution in [3.05, 3.63) is 77.3 Å². The monoisotopic (exact) mass is 489 g/mol. The second kappa shape index (κ2) is 9.77. The Labute approximate surface area is 207 Å². The number of fused-ring (bicyclic) bond motifs is 1. The number of carbonyl (C=O) groups is 1. The summed E-state index contributed by atoms with van der Waals surface area (Å²) in [6.45, 7) is 0. The number of amides is 1. The van der Waals surface area contributed by atoms with Gasteiger partial charge in [0.2, 0.25) is 11.9 Å². The maximum absolute atomic E-state index is 12.6. The molecular weight excluding hydrogens is 466 g/mol. The van der Waals surface area contributed by atoms with Gasteiger partial charge in [-0.1, -0.05) is 48.0 Å². The molecule has 1 saturated heterocycles. The Bertz CT molecular complexity index is 1380. The van der Waals surface area contributed by atoms with Crippen molar-refractivity contribution in [2.75, 3.05) is 19.5 Å². The molecule has 3 aromatic carbocycles. The topological polar surface area (TPSA) is 97.4 Å². The maximum Gasteiger partial charge on any atom is 0.226 e. The zero-order valence-corrected chi connectivity index (χ0v) is 20.0. The van der Waals surface area contributed by atoms with Gasteiger partial charge in [0.25, 0.3) is 0 Å². The van der Waals surface area contributed by atoms with E-state index in [0.29, 0.717) is 22.5 Å². The van der Waals surface area contributed by atoms with Crippen LogP contribution in [0.15, 0.2) is 66.7 Å². The molecule has 35 heavy (non-hydrogen) atoms. The van der Waals surface area contributed by atoms with Gasteiger partial charge in [0, 0.05) is 28.4 Å². The lowest BCUT2D eigenvalue weighted by Gasteiger charge is -2.32. The average Bonchev–Trinajstić information content (AvgIpc) is 2.88. The van der Waals surface area contributed by atoms with E-state index in [4.69, 9.17) is 26.1 Å². The zero-order chi connectivity index (χ0) is 24.4. The third kappa shape index (κ3) is 4.84. The van der Waals surface area contributed by atoms with Crippen LogP contribution in [0.4, 0.5) is 5.95 Å². The highest BCUT2D eigenvalue weighted by molar-refractivity contribution is 6.31. The highest BCUT2D eigenvalue weighted by Gasteiger charge is 2.28. The molecule has 0 radical (unpaired) electrons. The normalized spacial score (nSPS) is 17.6. The Morgan fingerprint density at radius 1 is 0.971 bits per heavy atom. The van der Waals surface area contributed by atoms with Crippen LogP contribution in [-0.2, 0) is 4.79 Å². The van der Waals surface area contributed by atoms with E-state index >= 15 is 0 Å². The molecule has 2 atom stereocenters. The predicted molar refractivity (Wildman–Crippen MR) is 136 cm³/mol. The van der Waals surface area contributed by atoms with Gasteiger partial charge in [0.05, 0.1) is 25.4 Å². The Morgan fingerprint density at radius 3 is 2.54 bits per heavy atom. The van der Waals surface area contributed by atoms with Crippen LogP contribution in [-0.4, -0.2) is 36.4 Å². The first kappa shape index (κ1) is 22.9. The number of ether oxygens (including phenoxy) is 2. The van der Waals surface area contributed by atoms with Crippen LogP contribution < -0.4 is 25.4 Å². The lowest BCUT2D eigenvalue weighted by Crippen LogP contribution is -2.56. The van der Waals surface area contributed by atoms with Crippen LogP contribution in [0, 0.1) is 0 Å². The average molecular weight is 490 g/mol. The summed E-state index contributed by atoms with van der Waals surface area (Å²) in [5.41, 5.74) is 3.33. The van der Waals surface area contributed by atoms with Crippen molar-refractivity contribution >= 4 is 34.4 Å². The highest BCUT2D eigenvalue weighted by atomic mass is 35.5. The molecule has 2 heterocycles. The van der Waals surface area contributed by atoms with Gasteiger partial charge in [0.1, 0.15) is 0 Å². The molecule has 9 heteroatoms. The standard InChI is InChI=1S/C26H24ClN5O3/c1-34-21-11-8-16(12-22(21)35-2)20-14-23(33)30-25(29-20)32-26-28-19-10-9-17(27)13-18(19)24(31-26)15-6-4-3-5-7-15/h3-13,20,25,29H,14H2,1-2H3,(H,30,33)(H,28,31,32). The van der Waals surface area contributed by atoms with E-state index in [1.54, 1.807) is 20.3 Å². The van der Waals surface area contributed by atoms with Crippen molar-refractivity contribution in [1.29, 1.82) is 0 Å². The zero-order valence-electron chi connectivity index (χ0n) is 19.2. The lowest BCUT2D eigenvalue weighted by molar-refractivity contribution is -0.124. The molecule has 0 aliphatic carbocycles. The van der Waals surface area contributed by atoms with Gasteiger partial charge in [-0.2, -0.15) is 0 Å². The third-order valence-corrected chi connectivity index (χ3v) is 6.09. The van der Waals surface area contributed by atoms with Crippen molar-refractivity contribution in [3.63, 3.8) is 0 Å². The fourth-order valence-corrected chi connectivity index (χ4v) is 4.35. The third-order valence-electron chi connectivity index (χ3n) is 5.85. The summed E-state index contributed by atoms with van der Waals surface area (Å²) in [5, 5.41) is 11.0. The molecular formula is C26H24ClN5O3. The first-order valence-electron chi connectivity index (χ1n) is 11.1. The number of hydrogen-bond donors (Lipinski definition) is 3. The largest absolute Gasteiger partial charge is 0.493 e. The molecule has 5 rings (SSSR count). The number of carbonyl (C=O) groups excluding carboxylic acids is 1. The second-order valence-corrected chi connectivity index (χ2v) is 8.54. The molecule has 2 unspecified atom stereocenters. The van der Waals surface area contributed by atoms with Crippen molar-refractivity contribution in [2.45, 2.75) is 18.8 Å². The molecule has 0 saturated carbocycles. The van der Waals surface area contributed by atoms with Crippen LogP contribution in [0.2, 0.25) is 5.02 Å². The summed E-state index contributed by atoms with van der Waals surface area (Å²) >= 11 is 6.26. The molecule has 1 fully saturated rings. The van der Waals surface area contributed by atoms with E-state index in [2.05, 4.69) is 20.9 Å². The molecule has 4 aromatic rings. The van der Waals surface area contributed by atoms with E-state index < -0.39 is 6.29 Å². The maximum atomic E-state index is 12.6. The summed E-state index contributed by atoms with van der Waals surface area (Å²) < 4.78 is 10.8. The van der Waals surface area contributed by atoms with Crippen LogP contribution in [0.5, 0.6) is 11.5 Å². The summed E-state index contributed by atoms with van der Waals surface area (Å²) in [6.07, 6.45) is -0.303. The van der Waals surface area contributed by atoms with Gasteiger partial charge in [-0.15, -0.1) is 0 Å². The first-order valence-corrected chi connectivity index (χ1v) is 11.5. The Balaban J connectivity index is 1.45. The van der Waals surface area contributed by atoms with Crippen LogP contribution in [0.3, 0.4) is 0 Å². The Morgan fingerprint density at radius 2 is 1.77 bits per heavy atom. The summed E-state index contributed by atoms with van der Waals surface area (Å²) in [7, 11) is 3.17. The fraction of sp³-hybridized carbons (Fsp3) is 0.192. The van der Waals surface area contributed by atoms with E-state index in [-0.39, 0.29) is 18.4 Å². The number of halogens is 1. The van der Waals surface area contributed by atoms with E-state index in [1.165, 1.54) is 0 Å². The van der Waals surface area contributed by atoms with Crippen molar-refractivity contribution in [3.8, 4) is 22.8 Å². The van der Waals surface area contributed by atoms with Crippen molar-refractivity contribution in [2.24, 2.45) is 0 Å². The summed E-state index contributed by atoms with van der Waals surface area (Å²) in [5.74, 6) is 1.51. The predicted octanol–water partition coefficient (Wildman–Crippen LogP) is 4.51. The Kier molecular flexibility index (Phi) is 6.39.